The Hall–Kier alpha value is -1.80. The maximum atomic E-state index is 6.10. The third kappa shape index (κ3) is 2.24. The topological polar surface area (TPSA) is 35.2 Å². The first kappa shape index (κ1) is 12.2. The summed E-state index contributed by atoms with van der Waals surface area (Å²) in [6, 6.07) is 14.8. The van der Waals surface area contributed by atoms with Crippen molar-refractivity contribution in [1.82, 2.24) is 0 Å². The van der Waals surface area contributed by atoms with Gasteiger partial charge in [-0.15, -0.1) is 0 Å². The van der Waals surface area contributed by atoms with Crippen LogP contribution in [0.2, 0.25) is 0 Å². The Morgan fingerprint density at radius 3 is 2.68 bits per heavy atom. The summed E-state index contributed by atoms with van der Waals surface area (Å²) in [6.45, 7) is 2.72. The molecule has 0 spiro atoms. The highest BCUT2D eigenvalue weighted by Crippen LogP contribution is 2.38. The predicted molar refractivity (Wildman–Crippen MR) is 78.4 cm³/mol. The van der Waals surface area contributed by atoms with Gasteiger partial charge in [0.15, 0.2) is 0 Å². The van der Waals surface area contributed by atoms with E-state index < -0.39 is 0 Å². The van der Waals surface area contributed by atoms with Crippen molar-refractivity contribution in [2.24, 2.45) is 5.73 Å². The van der Waals surface area contributed by atoms with Gasteiger partial charge >= 0.3 is 0 Å². The Kier molecular flexibility index (Phi) is 3.26. The zero-order chi connectivity index (χ0) is 13.2. The number of hydrogen-bond donors (Lipinski definition) is 1. The average Bonchev–Trinajstić information content (AvgIpc) is 2.47. The van der Waals surface area contributed by atoms with Crippen LogP contribution in [0.5, 0.6) is 5.75 Å². The number of benzene rings is 2. The Morgan fingerprint density at radius 1 is 1.11 bits per heavy atom. The van der Waals surface area contributed by atoms with Gasteiger partial charge in [0.05, 0.1) is 0 Å². The van der Waals surface area contributed by atoms with Crippen molar-refractivity contribution in [2.75, 3.05) is 6.54 Å². The molecular weight excluding hydrogens is 234 g/mol. The van der Waals surface area contributed by atoms with Gasteiger partial charge in [0.2, 0.25) is 0 Å². The standard InChI is InChI=1S/C17H19NO/c1-12-5-2-3-7-15(12)16-8-4-6-13-9-10-14(11-18)19-17(13)16/h2-8,14H,9-11,18H2,1H3. The molecule has 1 heterocycles. The zero-order valence-corrected chi connectivity index (χ0v) is 11.2. The second kappa shape index (κ2) is 5.06. The first-order valence-corrected chi connectivity index (χ1v) is 6.84. The van der Waals surface area contributed by atoms with Crippen molar-refractivity contribution in [2.45, 2.75) is 25.9 Å². The van der Waals surface area contributed by atoms with E-state index >= 15 is 0 Å². The fraction of sp³-hybridized carbons (Fsp3) is 0.294. The van der Waals surface area contributed by atoms with Gasteiger partial charge in [-0.25, -0.2) is 0 Å². The maximum absolute atomic E-state index is 6.10. The Bertz CT molecular complexity index is 592. The van der Waals surface area contributed by atoms with Crippen LogP contribution in [0.3, 0.4) is 0 Å². The molecule has 2 N–H and O–H groups in total. The van der Waals surface area contributed by atoms with E-state index in [0.29, 0.717) is 6.54 Å². The quantitative estimate of drug-likeness (QED) is 0.891. The van der Waals surface area contributed by atoms with E-state index in [2.05, 4.69) is 49.4 Å². The summed E-state index contributed by atoms with van der Waals surface area (Å²) in [5.74, 6) is 1.03. The molecule has 98 valence electrons. The third-order valence-electron chi connectivity index (χ3n) is 3.81. The van der Waals surface area contributed by atoms with Crippen LogP contribution < -0.4 is 10.5 Å². The van der Waals surface area contributed by atoms with Crippen molar-refractivity contribution in [3.63, 3.8) is 0 Å². The first-order valence-electron chi connectivity index (χ1n) is 6.84. The Labute approximate surface area is 114 Å². The van der Waals surface area contributed by atoms with Gasteiger partial charge in [0.1, 0.15) is 11.9 Å². The van der Waals surface area contributed by atoms with E-state index in [-0.39, 0.29) is 6.10 Å². The molecule has 1 unspecified atom stereocenters. The number of ether oxygens (including phenoxy) is 1. The molecule has 0 fully saturated rings. The van der Waals surface area contributed by atoms with Gasteiger partial charge in [-0.2, -0.15) is 0 Å². The highest BCUT2D eigenvalue weighted by Gasteiger charge is 2.21. The molecule has 0 saturated heterocycles. The van der Waals surface area contributed by atoms with E-state index in [9.17, 15) is 0 Å². The molecule has 19 heavy (non-hydrogen) atoms. The van der Waals surface area contributed by atoms with Gasteiger partial charge in [0.25, 0.3) is 0 Å². The van der Waals surface area contributed by atoms with Crippen molar-refractivity contribution >= 4 is 0 Å². The number of fused-ring (bicyclic) bond motifs is 1. The summed E-state index contributed by atoms with van der Waals surface area (Å²) in [7, 11) is 0. The lowest BCUT2D eigenvalue weighted by molar-refractivity contribution is 0.182. The smallest absolute Gasteiger partial charge is 0.130 e. The van der Waals surface area contributed by atoms with E-state index in [1.165, 1.54) is 22.3 Å². The zero-order valence-electron chi connectivity index (χ0n) is 11.2. The summed E-state index contributed by atoms with van der Waals surface area (Å²) in [6.07, 6.45) is 2.22. The van der Waals surface area contributed by atoms with E-state index in [4.69, 9.17) is 10.5 Å². The SMILES string of the molecule is Cc1ccccc1-c1cccc2c1OC(CN)CC2. The monoisotopic (exact) mass is 253 g/mol. The molecule has 2 nitrogen and oxygen atoms in total. The minimum Gasteiger partial charge on any atom is -0.488 e. The van der Waals surface area contributed by atoms with Crippen LogP contribution in [0.4, 0.5) is 0 Å². The van der Waals surface area contributed by atoms with Gasteiger partial charge in [0, 0.05) is 12.1 Å². The Balaban J connectivity index is 2.11. The van der Waals surface area contributed by atoms with Crippen LogP contribution in [0.1, 0.15) is 17.5 Å². The lowest BCUT2D eigenvalue weighted by Crippen LogP contribution is -2.30. The summed E-state index contributed by atoms with van der Waals surface area (Å²) in [4.78, 5) is 0. The predicted octanol–water partition coefficient (Wildman–Crippen LogP) is 3.31. The molecule has 1 aliphatic rings. The van der Waals surface area contributed by atoms with Crippen LogP contribution in [-0.2, 0) is 6.42 Å². The molecule has 3 rings (SSSR count). The van der Waals surface area contributed by atoms with Gasteiger partial charge in [-0.1, -0.05) is 42.5 Å². The maximum Gasteiger partial charge on any atom is 0.130 e. The summed E-state index contributed by atoms with van der Waals surface area (Å²) < 4.78 is 6.10. The number of para-hydroxylation sites is 1. The molecule has 2 heteroatoms. The van der Waals surface area contributed by atoms with Crippen LogP contribution >= 0.6 is 0 Å². The first-order chi connectivity index (χ1) is 9.29. The van der Waals surface area contributed by atoms with Crippen molar-refractivity contribution in [3.05, 3.63) is 53.6 Å². The van der Waals surface area contributed by atoms with Crippen molar-refractivity contribution < 1.29 is 4.74 Å². The summed E-state index contributed by atoms with van der Waals surface area (Å²) in [5, 5.41) is 0. The average molecular weight is 253 g/mol. The molecular formula is C17H19NO. The minimum atomic E-state index is 0.151. The largest absolute Gasteiger partial charge is 0.488 e. The summed E-state index contributed by atoms with van der Waals surface area (Å²) >= 11 is 0. The molecule has 0 saturated carbocycles. The lowest BCUT2D eigenvalue weighted by atomic mass is 9.94. The highest BCUT2D eigenvalue weighted by molar-refractivity contribution is 5.75. The van der Waals surface area contributed by atoms with Crippen molar-refractivity contribution in [3.8, 4) is 16.9 Å². The van der Waals surface area contributed by atoms with Gasteiger partial charge in [-0.05, 0) is 36.5 Å². The highest BCUT2D eigenvalue weighted by atomic mass is 16.5. The molecule has 2 aromatic carbocycles. The second-order valence-corrected chi connectivity index (χ2v) is 5.12. The number of hydrogen-bond acceptors (Lipinski definition) is 2. The fourth-order valence-electron chi connectivity index (χ4n) is 2.72. The second-order valence-electron chi connectivity index (χ2n) is 5.12. The Morgan fingerprint density at radius 2 is 1.89 bits per heavy atom. The molecule has 2 aromatic rings. The normalized spacial score (nSPS) is 17.7. The molecule has 0 radical (unpaired) electrons. The number of nitrogens with two attached hydrogens (primary N) is 1. The van der Waals surface area contributed by atoms with E-state index in [1.807, 2.05) is 0 Å². The molecule has 0 aromatic heterocycles. The van der Waals surface area contributed by atoms with Gasteiger partial charge in [-0.3, -0.25) is 0 Å². The number of rotatable bonds is 2. The van der Waals surface area contributed by atoms with Crippen LogP contribution in [-0.4, -0.2) is 12.6 Å². The minimum absolute atomic E-state index is 0.151. The molecule has 0 bridgehead atoms. The molecule has 0 amide bonds. The fourth-order valence-corrected chi connectivity index (χ4v) is 2.72. The molecule has 1 aliphatic heterocycles. The molecule has 1 atom stereocenters. The van der Waals surface area contributed by atoms with Crippen LogP contribution in [0.25, 0.3) is 11.1 Å². The lowest BCUT2D eigenvalue weighted by Gasteiger charge is -2.27. The van der Waals surface area contributed by atoms with E-state index in [1.54, 1.807) is 0 Å². The third-order valence-corrected chi connectivity index (χ3v) is 3.81. The van der Waals surface area contributed by atoms with Crippen LogP contribution in [0.15, 0.2) is 42.5 Å². The van der Waals surface area contributed by atoms with Crippen LogP contribution in [0, 0.1) is 6.92 Å². The summed E-state index contributed by atoms with van der Waals surface area (Å²) in [5.41, 5.74) is 10.8. The molecule has 0 aliphatic carbocycles. The number of aryl methyl sites for hydroxylation is 2. The van der Waals surface area contributed by atoms with Crippen molar-refractivity contribution in [1.29, 1.82) is 0 Å². The van der Waals surface area contributed by atoms with E-state index in [0.717, 1.165) is 18.6 Å². The van der Waals surface area contributed by atoms with Gasteiger partial charge < -0.3 is 10.5 Å².